The minimum absolute atomic E-state index is 0.0746. The Balaban J connectivity index is 3.02. The Morgan fingerprint density at radius 3 is 2.50 bits per heavy atom. The number of hydrogen-bond acceptors (Lipinski definition) is 1. The van der Waals surface area contributed by atoms with Crippen LogP contribution in [0.15, 0.2) is 29.2 Å². The third-order valence-corrected chi connectivity index (χ3v) is 2.80. The molecule has 2 nitrogen and oxygen atoms in total. The lowest BCUT2D eigenvalue weighted by Gasteiger charge is -2.06. The van der Waals surface area contributed by atoms with E-state index in [-0.39, 0.29) is 5.56 Å². The molecule has 0 N–H and O–H groups in total. The number of benzene rings is 1. The fourth-order valence-electron chi connectivity index (χ4n) is 1.68. The molecule has 0 aliphatic carbocycles. The summed E-state index contributed by atoms with van der Waals surface area (Å²) >= 11 is 0. The van der Waals surface area contributed by atoms with Crippen molar-refractivity contribution < 1.29 is 0 Å². The lowest BCUT2D eigenvalue weighted by Crippen LogP contribution is -2.15. The van der Waals surface area contributed by atoms with Gasteiger partial charge >= 0.3 is 0 Å². The maximum absolute atomic E-state index is 11.8. The summed E-state index contributed by atoms with van der Waals surface area (Å²) in [5, 5.41) is 1.87. The molecule has 0 aliphatic heterocycles. The lowest BCUT2D eigenvalue weighted by atomic mass is 10.0. The first-order chi connectivity index (χ1) is 6.61. The largest absolute Gasteiger partial charge is 0.318 e. The summed E-state index contributed by atoms with van der Waals surface area (Å²) in [7, 11) is 1.77. The summed E-state index contributed by atoms with van der Waals surface area (Å²) < 4.78 is 1.61. The standard InChI is InChI=1S/C12H13NO/c1-8-4-5-11-10(9(8)2)6-7-13(3)12(11)14/h4-7H,1-3H3. The average molecular weight is 187 g/mol. The number of hydrogen-bond donors (Lipinski definition) is 0. The maximum Gasteiger partial charge on any atom is 0.258 e. The van der Waals surface area contributed by atoms with E-state index in [0.29, 0.717) is 0 Å². The van der Waals surface area contributed by atoms with E-state index in [1.54, 1.807) is 11.6 Å². The first-order valence-electron chi connectivity index (χ1n) is 4.67. The Morgan fingerprint density at radius 1 is 1.07 bits per heavy atom. The normalized spacial score (nSPS) is 10.8. The third kappa shape index (κ3) is 1.15. The van der Waals surface area contributed by atoms with Gasteiger partial charge in [-0.3, -0.25) is 4.79 Å². The van der Waals surface area contributed by atoms with Gasteiger partial charge in [0, 0.05) is 18.6 Å². The highest BCUT2D eigenvalue weighted by Gasteiger charge is 2.03. The summed E-state index contributed by atoms with van der Waals surface area (Å²) in [5.41, 5.74) is 2.50. The van der Waals surface area contributed by atoms with Gasteiger partial charge in [-0.2, -0.15) is 0 Å². The van der Waals surface area contributed by atoms with Crippen LogP contribution < -0.4 is 5.56 Å². The van der Waals surface area contributed by atoms with Crippen molar-refractivity contribution in [1.29, 1.82) is 0 Å². The zero-order chi connectivity index (χ0) is 10.3. The number of fused-ring (bicyclic) bond motifs is 1. The number of aryl methyl sites for hydroxylation is 3. The number of rotatable bonds is 0. The first kappa shape index (κ1) is 9.00. The van der Waals surface area contributed by atoms with Gasteiger partial charge in [0.05, 0.1) is 0 Å². The molecule has 0 unspecified atom stereocenters. The van der Waals surface area contributed by atoms with Crippen LogP contribution >= 0.6 is 0 Å². The second-order valence-corrected chi connectivity index (χ2v) is 3.70. The molecule has 0 spiro atoms. The molecule has 2 aromatic rings. The highest BCUT2D eigenvalue weighted by Crippen LogP contribution is 2.17. The zero-order valence-electron chi connectivity index (χ0n) is 8.66. The monoisotopic (exact) mass is 187 g/mol. The molecule has 0 radical (unpaired) electrons. The molecule has 2 rings (SSSR count). The van der Waals surface area contributed by atoms with Gasteiger partial charge in [-0.25, -0.2) is 0 Å². The van der Waals surface area contributed by atoms with Crippen molar-refractivity contribution in [3.05, 3.63) is 45.9 Å². The van der Waals surface area contributed by atoms with E-state index in [0.717, 1.165) is 10.8 Å². The maximum atomic E-state index is 11.8. The lowest BCUT2D eigenvalue weighted by molar-refractivity contribution is 0.873. The number of aromatic nitrogens is 1. The second-order valence-electron chi connectivity index (χ2n) is 3.70. The highest BCUT2D eigenvalue weighted by molar-refractivity contribution is 5.85. The number of pyridine rings is 1. The smallest absolute Gasteiger partial charge is 0.258 e. The molecule has 0 amide bonds. The van der Waals surface area contributed by atoms with Crippen LogP contribution in [0.25, 0.3) is 10.8 Å². The van der Waals surface area contributed by atoms with Crippen molar-refractivity contribution >= 4 is 10.8 Å². The van der Waals surface area contributed by atoms with Crippen molar-refractivity contribution in [1.82, 2.24) is 4.57 Å². The first-order valence-corrected chi connectivity index (χ1v) is 4.67. The van der Waals surface area contributed by atoms with Gasteiger partial charge in [0.25, 0.3) is 5.56 Å². The highest BCUT2D eigenvalue weighted by atomic mass is 16.1. The van der Waals surface area contributed by atoms with E-state index >= 15 is 0 Å². The Labute approximate surface area is 82.8 Å². The van der Waals surface area contributed by atoms with Crippen molar-refractivity contribution in [2.24, 2.45) is 7.05 Å². The van der Waals surface area contributed by atoms with Gasteiger partial charge in [-0.1, -0.05) is 6.07 Å². The fraction of sp³-hybridized carbons (Fsp3) is 0.250. The predicted octanol–water partition coefficient (Wildman–Crippen LogP) is 2.16. The van der Waals surface area contributed by atoms with Crippen LogP contribution in [0, 0.1) is 13.8 Å². The zero-order valence-corrected chi connectivity index (χ0v) is 8.66. The molecule has 1 aromatic heterocycles. The van der Waals surface area contributed by atoms with Crippen molar-refractivity contribution in [3.63, 3.8) is 0 Å². The van der Waals surface area contributed by atoms with E-state index < -0.39 is 0 Å². The van der Waals surface area contributed by atoms with Gasteiger partial charge in [-0.05, 0) is 42.5 Å². The molecule has 0 aliphatic rings. The molecule has 1 aromatic carbocycles. The van der Waals surface area contributed by atoms with Gasteiger partial charge in [0.2, 0.25) is 0 Å². The van der Waals surface area contributed by atoms with Gasteiger partial charge < -0.3 is 4.57 Å². The molecular weight excluding hydrogens is 174 g/mol. The fourth-order valence-corrected chi connectivity index (χ4v) is 1.68. The molecule has 0 atom stereocenters. The Kier molecular flexibility index (Phi) is 1.92. The van der Waals surface area contributed by atoms with Crippen LogP contribution in [-0.2, 0) is 7.05 Å². The van der Waals surface area contributed by atoms with Crippen LogP contribution in [0.4, 0.5) is 0 Å². The van der Waals surface area contributed by atoms with Gasteiger partial charge in [0.15, 0.2) is 0 Å². The summed E-state index contributed by atoms with van der Waals surface area (Å²) in [6.07, 6.45) is 1.82. The molecule has 1 heterocycles. The van der Waals surface area contributed by atoms with E-state index in [1.807, 2.05) is 24.4 Å². The summed E-state index contributed by atoms with van der Waals surface area (Å²) in [5.74, 6) is 0. The minimum atomic E-state index is 0.0746. The molecule has 0 saturated carbocycles. The van der Waals surface area contributed by atoms with Gasteiger partial charge in [-0.15, -0.1) is 0 Å². The van der Waals surface area contributed by atoms with E-state index in [9.17, 15) is 4.79 Å². The van der Waals surface area contributed by atoms with Crippen LogP contribution in [-0.4, -0.2) is 4.57 Å². The predicted molar refractivity (Wildman–Crippen MR) is 58.7 cm³/mol. The number of nitrogens with zero attached hydrogens (tertiary/aromatic N) is 1. The van der Waals surface area contributed by atoms with E-state index in [2.05, 4.69) is 13.8 Å². The molecular formula is C12H13NO. The van der Waals surface area contributed by atoms with Crippen LogP contribution in [0.2, 0.25) is 0 Å². The van der Waals surface area contributed by atoms with E-state index in [4.69, 9.17) is 0 Å². The van der Waals surface area contributed by atoms with Crippen molar-refractivity contribution in [2.45, 2.75) is 13.8 Å². The molecule has 0 bridgehead atoms. The summed E-state index contributed by atoms with van der Waals surface area (Å²) in [4.78, 5) is 11.8. The van der Waals surface area contributed by atoms with Crippen LogP contribution in [0.5, 0.6) is 0 Å². The van der Waals surface area contributed by atoms with E-state index in [1.165, 1.54) is 11.1 Å². The van der Waals surface area contributed by atoms with Gasteiger partial charge in [0.1, 0.15) is 0 Å². The van der Waals surface area contributed by atoms with Crippen molar-refractivity contribution in [2.75, 3.05) is 0 Å². The molecule has 72 valence electrons. The summed E-state index contributed by atoms with van der Waals surface area (Å²) in [6.45, 7) is 4.11. The molecule has 2 heteroatoms. The van der Waals surface area contributed by atoms with Crippen molar-refractivity contribution in [3.8, 4) is 0 Å². The quantitative estimate of drug-likeness (QED) is 0.619. The molecule has 0 saturated heterocycles. The average Bonchev–Trinajstić information content (AvgIpc) is 2.17. The topological polar surface area (TPSA) is 22.0 Å². The Bertz CT molecular complexity index is 552. The Morgan fingerprint density at radius 2 is 1.79 bits per heavy atom. The third-order valence-electron chi connectivity index (χ3n) is 2.80. The second kappa shape index (κ2) is 2.98. The molecule has 14 heavy (non-hydrogen) atoms. The molecule has 0 fully saturated rings. The minimum Gasteiger partial charge on any atom is -0.318 e. The Hall–Kier alpha value is -1.57. The summed E-state index contributed by atoms with van der Waals surface area (Å²) in [6, 6.07) is 5.90. The van der Waals surface area contributed by atoms with Crippen LogP contribution in [0.3, 0.4) is 0 Å². The SMILES string of the molecule is Cc1ccc2c(=O)n(C)ccc2c1C. The van der Waals surface area contributed by atoms with Crippen LogP contribution in [0.1, 0.15) is 11.1 Å².